The Labute approximate surface area is 91.8 Å². The summed E-state index contributed by atoms with van der Waals surface area (Å²) in [5.41, 5.74) is 0. The molecule has 1 saturated heterocycles. The minimum atomic E-state index is -2.40. The maximum atomic E-state index is 12.5. The highest BCUT2D eigenvalue weighted by atomic mass is 79.9. The van der Waals surface area contributed by atoms with E-state index >= 15 is 0 Å². The highest BCUT2D eigenvalue weighted by Gasteiger charge is 2.43. The van der Waals surface area contributed by atoms with Crippen LogP contribution in [0.2, 0.25) is 0 Å². The first-order valence-electron chi connectivity index (χ1n) is 4.61. The monoisotopic (exact) mass is 274 g/mol. The Kier molecular flexibility index (Phi) is 2.83. The molecule has 14 heavy (non-hydrogen) atoms. The van der Waals surface area contributed by atoms with E-state index in [1.54, 1.807) is 0 Å². The number of aliphatic hydroxyl groups excluding tert-OH is 1. The molecule has 2 nitrogen and oxygen atoms in total. The lowest BCUT2D eigenvalue weighted by Gasteiger charge is -2.17. The third kappa shape index (κ3) is 1.58. The molecule has 0 aliphatic carbocycles. The first kappa shape index (κ1) is 10.4. The van der Waals surface area contributed by atoms with E-state index in [0.29, 0.717) is 12.6 Å². The Morgan fingerprint density at radius 2 is 2.00 bits per heavy atom. The van der Waals surface area contributed by atoms with Crippen LogP contribution in [-0.4, -0.2) is 21.9 Å². The number of hydrogen-bond acceptors (Lipinski definition) is 2. The maximum Gasteiger partial charge on any atom is 0.131 e. The van der Waals surface area contributed by atoms with Crippen molar-refractivity contribution in [3.63, 3.8) is 0 Å². The molecule has 4 heteroatoms. The van der Waals surface area contributed by atoms with E-state index in [2.05, 4.69) is 15.9 Å². The third-order valence-corrected chi connectivity index (χ3v) is 8.50. The summed E-state index contributed by atoms with van der Waals surface area (Å²) in [6, 6.07) is 9.45. The fourth-order valence-corrected chi connectivity index (χ4v) is 6.22. The van der Waals surface area contributed by atoms with Gasteiger partial charge in [0, 0.05) is 11.5 Å². The van der Waals surface area contributed by atoms with Gasteiger partial charge in [0.1, 0.15) is 7.14 Å². The van der Waals surface area contributed by atoms with Crippen molar-refractivity contribution in [3.8, 4) is 0 Å². The molecule has 76 valence electrons. The van der Waals surface area contributed by atoms with Crippen molar-refractivity contribution in [1.82, 2.24) is 0 Å². The quantitative estimate of drug-likeness (QED) is 0.630. The summed E-state index contributed by atoms with van der Waals surface area (Å²) in [6.07, 6.45) is 0.761. The lowest BCUT2D eigenvalue weighted by molar-refractivity contribution is 0.196. The normalized spacial score (nSPS) is 37.3. The Bertz CT molecular complexity index is 366. The van der Waals surface area contributed by atoms with Crippen LogP contribution >= 0.6 is 23.1 Å². The number of rotatable bonds is 1. The van der Waals surface area contributed by atoms with Crippen LogP contribution in [-0.2, 0) is 4.57 Å². The summed E-state index contributed by atoms with van der Waals surface area (Å²) in [7, 11) is -2.40. The number of alkyl halides is 1. The number of aliphatic hydroxyl groups is 1. The van der Waals surface area contributed by atoms with Crippen LogP contribution in [0.15, 0.2) is 30.3 Å². The van der Waals surface area contributed by atoms with Crippen molar-refractivity contribution in [2.75, 3.05) is 6.16 Å². The highest BCUT2D eigenvalue weighted by molar-refractivity contribution is 9.10. The topological polar surface area (TPSA) is 37.3 Å². The van der Waals surface area contributed by atoms with Gasteiger partial charge in [0.25, 0.3) is 0 Å². The molecule has 0 bridgehead atoms. The minimum absolute atomic E-state index is 0.266. The standard InChI is InChI=1S/C10H12BrO2P/c11-10-9(12)6-7-14(10,13)8-4-2-1-3-5-8/h1-5,9-10,12H,6-7H2/t9-,10-,14+/m0/s1. The molecule has 1 heterocycles. The third-order valence-electron chi connectivity index (χ3n) is 2.67. The van der Waals surface area contributed by atoms with E-state index in [-0.39, 0.29) is 4.57 Å². The Hall–Kier alpha value is -0.110. The second-order valence-corrected chi connectivity index (χ2v) is 8.39. The second-order valence-electron chi connectivity index (χ2n) is 3.58. The van der Waals surface area contributed by atoms with Crippen molar-refractivity contribution >= 4 is 28.4 Å². The summed E-state index contributed by atoms with van der Waals surface area (Å²) in [6.45, 7) is 0. The predicted octanol–water partition coefficient (Wildman–Crippen LogP) is 2.16. The van der Waals surface area contributed by atoms with Crippen molar-refractivity contribution < 1.29 is 9.67 Å². The number of benzene rings is 1. The average Bonchev–Trinajstić information content (AvgIpc) is 2.49. The largest absolute Gasteiger partial charge is 0.391 e. The van der Waals surface area contributed by atoms with E-state index in [0.717, 1.165) is 5.30 Å². The van der Waals surface area contributed by atoms with Crippen LogP contribution in [0.4, 0.5) is 0 Å². The zero-order valence-electron chi connectivity index (χ0n) is 7.64. The predicted molar refractivity (Wildman–Crippen MR) is 61.9 cm³/mol. The molecule has 0 amide bonds. The summed E-state index contributed by atoms with van der Waals surface area (Å²) in [5, 5.41) is 10.4. The summed E-state index contributed by atoms with van der Waals surface area (Å²) in [5.74, 6) is 0. The molecular weight excluding hydrogens is 263 g/mol. The Balaban J connectivity index is 2.39. The van der Waals surface area contributed by atoms with Gasteiger partial charge in [-0.3, -0.25) is 0 Å². The van der Waals surface area contributed by atoms with E-state index in [4.69, 9.17) is 0 Å². The number of hydrogen-bond donors (Lipinski definition) is 1. The van der Waals surface area contributed by atoms with Crippen molar-refractivity contribution in [3.05, 3.63) is 30.3 Å². The lowest BCUT2D eigenvalue weighted by Crippen LogP contribution is -2.16. The Morgan fingerprint density at radius 3 is 2.50 bits per heavy atom. The second kappa shape index (κ2) is 3.80. The minimum Gasteiger partial charge on any atom is -0.391 e. The van der Waals surface area contributed by atoms with Gasteiger partial charge in [-0.25, -0.2) is 0 Å². The van der Waals surface area contributed by atoms with Gasteiger partial charge in [-0.1, -0.05) is 46.3 Å². The van der Waals surface area contributed by atoms with Crippen molar-refractivity contribution in [1.29, 1.82) is 0 Å². The SMILES string of the molecule is O=[P@@]1(c2ccccc2)CC[C@H](O)[C@H]1Br. The first-order valence-corrected chi connectivity index (χ1v) is 7.49. The molecule has 1 fully saturated rings. The van der Waals surface area contributed by atoms with Gasteiger partial charge in [-0.2, -0.15) is 0 Å². The van der Waals surface area contributed by atoms with Crippen LogP contribution < -0.4 is 5.30 Å². The fourth-order valence-electron chi connectivity index (χ4n) is 1.81. The van der Waals surface area contributed by atoms with E-state index in [9.17, 15) is 9.67 Å². The van der Waals surface area contributed by atoms with Gasteiger partial charge in [0.05, 0.1) is 10.7 Å². The maximum absolute atomic E-state index is 12.5. The van der Waals surface area contributed by atoms with Crippen LogP contribution in [0.5, 0.6) is 0 Å². The fraction of sp³-hybridized carbons (Fsp3) is 0.400. The molecule has 1 aromatic carbocycles. The average molecular weight is 275 g/mol. The smallest absolute Gasteiger partial charge is 0.131 e. The molecule has 1 aliphatic heterocycles. The van der Waals surface area contributed by atoms with E-state index in [1.807, 2.05) is 30.3 Å². The molecule has 2 rings (SSSR count). The molecule has 3 atom stereocenters. The van der Waals surface area contributed by atoms with Gasteiger partial charge in [-0.05, 0) is 6.42 Å². The van der Waals surface area contributed by atoms with Crippen LogP contribution in [0.25, 0.3) is 0 Å². The van der Waals surface area contributed by atoms with Gasteiger partial charge in [-0.15, -0.1) is 0 Å². The molecular formula is C10H12BrO2P. The Morgan fingerprint density at radius 1 is 1.36 bits per heavy atom. The molecule has 0 unspecified atom stereocenters. The summed E-state index contributed by atoms with van der Waals surface area (Å²) >= 11 is 3.35. The van der Waals surface area contributed by atoms with Crippen LogP contribution in [0.1, 0.15) is 6.42 Å². The number of halogens is 1. The molecule has 1 aromatic rings. The highest BCUT2D eigenvalue weighted by Crippen LogP contribution is 2.59. The lowest BCUT2D eigenvalue weighted by atomic mass is 10.3. The zero-order chi connectivity index (χ0) is 10.2. The van der Waals surface area contributed by atoms with E-state index in [1.165, 1.54) is 0 Å². The molecule has 0 spiro atoms. The summed E-state index contributed by atoms with van der Waals surface area (Å²) in [4.78, 5) is 0. The van der Waals surface area contributed by atoms with E-state index < -0.39 is 13.2 Å². The summed E-state index contributed by atoms with van der Waals surface area (Å²) < 4.78 is 12.3. The molecule has 0 radical (unpaired) electrons. The van der Waals surface area contributed by atoms with Gasteiger partial charge < -0.3 is 9.67 Å². The zero-order valence-corrected chi connectivity index (χ0v) is 10.1. The molecule has 0 saturated carbocycles. The van der Waals surface area contributed by atoms with Gasteiger partial charge in [0.2, 0.25) is 0 Å². The molecule has 1 aliphatic rings. The van der Waals surface area contributed by atoms with Gasteiger partial charge in [0.15, 0.2) is 0 Å². The van der Waals surface area contributed by atoms with Gasteiger partial charge >= 0.3 is 0 Å². The molecule has 1 N–H and O–H groups in total. The van der Waals surface area contributed by atoms with Crippen molar-refractivity contribution in [2.45, 2.75) is 17.1 Å². The first-order chi connectivity index (χ1) is 6.64. The molecule has 0 aromatic heterocycles. The van der Waals surface area contributed by atoms with Crippen LogP contribution in [0.3, 0.4) is 0 Å². The van der Waals surface area contributed by atoms with Crippen LogP contribution in [0, 0.1) is 0 Å². The van der Waals surface area contributed by atoms with Crippen molar-refractivity contribution in [2.24, 2.45) is 0 Å².